The van der Waals surface area contributed by atoms with Gasteiger partial charge in [-0.3, -0.25) is 0 Å². The Morgan fingerprint density at radius 3 is 2.60 bits per heavy atom. The summed E-state index contributed by atoms with van der Waals surface area (Å²) in [5, 5.41) is 0. The number of hydrogen-bond acceptors (Lipinski definition) is 3. The fourth-order valence-corrected chi connectivity index (χ4v) is 3.56. The van der Waals surface area contributed by atoms with Gasteiger partial charge >= 0.3 is 0 Å². The molecule has 20 heavy (non-hydrogen) atoms. The maximum Gasteiger partial charge on any atom is 0.0514 e. The topological polar surface area (TPSA) is 6.48 Å². The summed E-state index contributed by atoms with van der Waals surface area (Å²) in [6, 6.07) is 19.4. The average molecular weight is 284 g/mol. The Bertz CT molecular complexity index is 556. The number of hydrogen-bond donors (Lipinski definition) is 0. The highest BCUT2D eigenvalue weighted by Crippen LogP contribution is 2.34. The zero-order valence-electron chi connectivity index (χ0n) is 11.8. The number of fused-ring (bicyclic) bond motifs is 1. The zero-order chi connectivity index (χ0) is 13.8. The Labute approximate surface area is 125 Å². The third kappa shape index (κ3) is 3.00. The van der Waals surface area contributed by atoms with Gasteiger partial charge in [0.05, 0.1) is 5.69 Å². The summed E-state index contributed by atoms with van der Waals surface area (Å²) in [5.41, 5.74) is 4.22. The van der Waals surface area contributed by atoms with E-state index < -0.39 is 0 Å². The molecule has 0 saturated carbocycles. The summed E-state index contributed by atoms with van der Waals surface area (Å²) >= 11 is 1.86. The molecule has 2 nitrogen and oxygen atoms in total. The molecule has 0 saturated heterocycles. The van der Waals surface area contributed by atoms with Crippen LogP contribution in [0.1, 0.15) is 18.1 Å². The molecular formula is C17H20N2S. The summed E-state index contributed by atoms with van der Waals surface area (Å²) < 4.78 is 4.83. The Hall–Kier alpha value is -1.45. The smallest absolute Gasteiger partial charge is 0.0514 e. The van der Waals surface area contributed by atoms with Gasteiger partial charge in [-0.15, -0.1) is 0 Å². The van der Waals surface area contributed by atoms with E-state index in [9.17, 15) is 0 Å². The van der Waals surface area contributed by atoms with Crippen LogP contribution in [0.5, 0.6) is 0 Å². The van der Waals surface area contributed by atoms with Gasteiger partial charge in [0.25, 0.3) is 0 Å². The van der Waals surface area contributed by atoms with Gasteiger partial charge in [-0.2, -0.15) is 0 Å². The van der Waals surface area contributed by atoms with Crippen molar-refractivity contribution in [1.29, 1.82) is 0 Å². The summed E-state index contributed by atoms with van der Waals surface area (Å²) in [6.45, 7) is 5.35. The van der Waals surface area contributed by atoms with E-state index in [1.807, 2.05) is 12.1 Å². The van der Waals surface area contributed by atoms with Crippen LogP contribution in [0.25, 0.3) is 0 Å². The van der Waals surface area contributed by atoms with Crippen molar-refractivity contribution in [2.45, 2.75) is 19.9 Å². The molecule has 1 aliphatic heterocycles. The lowest BCUT2D eigenvalue weighted by Crippen LogP contribution is -2.23. The number of anilines is 1. The number of nitrogens with zero attached hydrogens (tertiary/aromatic N) is 2. The third-order valence-electron chi connectivity index (χ3n) is 3.61. The lowest BCUT2D eigenvalue weighted by molar-refractivity contribution is 0.492. The predicted molar refractivity (Wildman–Crippen MR) is 87.6 cm³/mol. The lowest BCUT2D eigenvalue weighted by Gasteiger charge is -2.26. The molecule has 1 aliphatic rings. The van der Waals surface area contributed by atoms with Gasteiger partial charge in [0.2, 0.25) is 0 Å². The largest absolute Gasteiger partial charge is 0.303 e. The van der Waals surface area contributed by atoms with E-state index in [4.69, 9.17) is 0 Å². The standard InChI is InChI=1S/C17H20N2S/c1-2-18(14-15-8-4-3-5-9-15)20-19-13-12-16-10-6-7-11-17(16)19/h3-11H,2,12-14H2,1H3. The summed E-state index contributed by atoms with van der Waals surface area (Å²) in [5.74, 6) is 0. The van der Waals surface area contributed by atoms with E-state index in [0.717, 1.165) is 26.1 Å². The first-order chi connectivity index (χ1) is 9.86. The van der Waals surface area contributed by atoms with Crippen molar-refractivity contribution in [2.24, 2.45) is 0 Å². The van der Waals surface area contributed by atoms with E-state index in [1.54, 1.807) is 0 Å². The molecule has 0 aliphatic carbocycles. The van der Waals surface area contributed by atoms with Gasteiger partial charge < -0.3 is 4.31 Å². The molecule has 0 spiro atoms. The van der Waals surface area contributed by atoms with Crippen molar-refractivity contribution < 1.29 is 0 Å². The molecule has 0 atom stereocenters. The molecule has 0 unspecified atom stereocenters. The Morgan fingerprint density at radius 1 is 1.05 bits per heavy atom. The third-order valence-corrected chi connectivity index (χ3v) is 4.81. The van der Waals surface area contributed by atoms with Gasteiger partial charge in [-0.05, 0) is 23.6 Å². The number of benzene rings is 2. The van der Waals surface area contributed by atoms with Crippen LogP contribution in [-0.4, -0.2) is 17.4 Å². The molecule has 104 valence electrons. The molecule has 0 N–H and O–H groups in total. The minimum absolute atomic E-state index is 0.987. The molecule has 3 heteroatoms. The second-order valence-corrected chi connectivity index (χ2v) is 6.12. The van der Waals surface area contributed by atoms with Crippen LogP contribution in [0.4, 0.5) is 5.69 Å². The van der Waals surface area contributed by atoms with Crippen molar-refractivity contribution in [1.82, 2.24) is 4.31 Å². The maximum atomic E-state index is 2.42. The van der Waals surface area contributed by atoms with Crippen molar-refractivity contribution in [3.63, 3.8) is 0 Å². The van der Waals surface area contributed by atoms with Gasteiger partial charge in [0.15, 0.2) is 0 Å². The highest BCUT2D eigenvalue weighted by molar-refractivity contribution is 7.98. The first kappa shape index (κ1) is 13.5. The molecule has 0 fully saturated rings. The monoisotopic (exact) mass is 284 g/mol. The summed E-state index contributed by atoms with van der Waals surface area (Å²) in [4.78, 5) is 0. The molecule has 2 aromatic rings. The fraction of sp³-hybridized carbons (Fsp3) is 0.294. The summed E-state index contributed by atoms with van der Waals surface area (Å²) in [6.07, 6.45) is 1.16. The predicted octanol–water partition coefficient (Wildman–Crippen LogP) is 4.13. The molecular weight excluding hydrogens is 264 g/mol. The highest BCUT2D eigenvalue weighted by atomic mass is 32.2. The molecule has 0 aromatic heterocycles. The maximum absolute atomic E-state index is 2.42. The van der Waals surface area contributed by atoms with Gasteiger partial charge in [0, 0.05) is 31.8 Å². The van der Waals surface area contributed by atoms with Crippen LogP contribution in [0.15, 0.2) is 54.6 Å². The van der Waals surface area contributed by atoms with Crippen LogP contribution in [-0.2, 0) is 13.0 Å². The van der Waals surface area contributed by atoms with E-state index in [0.29, 0.717) is 0 Å². The van der Waals surface area contributed by atoms with E-state index in [-0.39, 0.29) is 0 Å². The van der Waals surface area contributed by atoms with E-state index >= 15 is 0 Å². The molecule has 0 bridgehead atoms. The van der Waals surface area contributed by atoms with Crippen LogP contribution >= 0.6 is 12.1 Å². The molecule has 0 amide bonds. The van der Waals surface area contributed by atoms with Gasteiger partial charge in [-0.25, -0.2) is 4.31 Å². The normalized spacial score (nSPS) is 13.8. The van der Waals surface area contributed by atoms with E-state index in [2.05, 4.69) is 70.1 Å². The summed E-state index contributed by atoms with van der Waals surface area (Å²) in [7, 11) is 0. The molecule has 2 aromatic carbocycles. The average Bonchev–Trinajstić information content (AvgIpc) is 2.91. The fourth-order valence-electron chi connectivity index (χ4n) is 2.52. The van der Waals surface area contributed by atoms with Gasteiger partial charge in [-0.1, -0.05) is 55.5 Å². The Balaban J connectivity index is 1.67. The number of rotatable bonds is 5. The molecule has 3 rings (SSSR count). The Kier molecular flexibility index (Phi) is 4.28. The van der Waals surface area contributed by atoms with Gasteiger partial charge in [0.1, 0.15) is 0 Å². The van der Waals surface area contributed by atoms with Crippen molar-refractivity contribution in [3.05, 3.63) is 65.7 Å². The molecule has 0 radical (unpaired) electrons. The van der Waals surface area contributed by atoms with Crippen LogP contribution in [0.2, 0.25) is 0 Å². The first-order valence-corrected chi connectivity index (χ1v) is 7.92. The number of para-hydroxylation sites is 1. The van der Waals surface area contributed by atoms with Crippen LogP contribution in [0.3, 0.4) is 0 Å². The Morgan fingerprint density at radius 2 is 1.80 bits per heavy atom. The van der Waals surface area contributed by atoms with Crippen LogP contribution < -0.4 is 4.31 Å². The highest BCUT2D eigenvalue weighted by Gasteiger charge is 2.21. The van der Waals surface area contributed by atoms with Crippen molar-refractivity contribution in [2.75, 3.05) is 17.4 Å². The van der Waals surface area contributed by atoms with Crippen molar-refractivity contribution >= 4 is 17.8 Å². The lowest BCUT2D eigenvalue weighted by atomic mass is 10.2. The minimum Gasteiger partial charge on any atom is -0.303 e. The second kappa shape index (κ2) is 6.33. The van der Waals surface area contributed by atoms with Crippen LogP contribution in [0, 0.1) is 0 Å². The van der Waals surface area contributed by atoms with Crippen molar-refractivity contribution in [3.8, 4) is 0 Å². The quantitative estimate of drug-likeness (QED) is 0.762. The first-order valence-electron chi connectivity index (χ1n) is 7.19. The SMILES string of the molecule is CCN(Cc1ccccc1)SN1CCc2ccccc21. The zero-order valence-corrected chi connectivity index (χ0v) is 12.6. The minimum atomic E-state index is 0.987. The molecule has 1 heterocycles. The second-order valence-electron chi connectivity index (χ2n) is 5.00. The van der Waals surface area contributed by atoms with E-state index in [1.165, 1.54) is 16.8 Å².